The van der Waals surface area contributed by atoms with Gasteiger partial charge in [0.2, 0.25) is 0 Å². The Morgan fingerprint density at radius 2 is 2.29 bits per heavy atom. The van der Waals surface area contributed by atoms with Crippen molar-refractivity contribution in [3.8, 4) is 6.07 Å². The lowest BCUT2D eigenvalue weighted by molar-refractivity contribution is 0.144. The number of hydrogen-bond donors (Lipinski definition) is 1. The van der Waals surface area contributed by atoms with Crippen molar-refractivity contribution in [1.29, 1.82) is 5.26 Å². The summed E-state index contributed by atoms with van der Waals surface area (Å²) in [4.78, 5) is 3.53. The molecule has 1 heterocycles. The number of alkyl halides is 2. The third-order valence-electron chi connectivity index (χ3n) is 1.56. The fourth-order valence-electron chi connectivity index (χ4n) is 0.910. The van der Waals surface area contributed by atoms with Crippen LogP contribution in [0.5, 0.6) is 0 Å². The van der Waals surface area contributed by atoms with Crippen LogP contribution in [0.15, 0.2) is 6.07 Å². The van der Waals surface area contributed by atoms with E-state index in [1.165, 1.54) is 6.07 Å². The molecule has 1 aromatic rings. The van der Waals surface area contributed by atoms with Gasteiger partial charge in [-0.1, -0.05) is 0 Å². The Hall–Kier alpha value is -0.810. The topological polar surface area (TPSA) is 56.9 Å². The van der Waals surface area contributed by atoms with Crippen LogP contribution in [0.3, 0.4) is 0 Å². The Morgan fingerprint density at radius 3 is 2.71 bits per heavy atom. The van der Waals surface area contributed by atoms with E-state index in [0.717, 1.165) is 0 Å². The maximum Gasteiger partial charge on any atom is 0.281 e. The second kappa shape index (κ2) is 4.61. The molecule has 0 radical (unpaired) electrons. The Kier molecular flexibility index (Phi) is 3.71. The molecule has 1 N–H and O–H groups in total. The van der Waals surface area contributed by atoms with Gasteiger partial charge in [0.25, 0.3) is 6.43 Å². The molecule has 0 unspecified atom stereocenters. The molecule has 14 heavy (non-hydrogen) atoms. The molecule has 0 atom stereocenters. The monoisotopic (exact) mass is 310 g/mol. The third kappa shape index (κ3) is 2.16. The molecule has 6 heteroatoms. The number of aliphatic hydroxyl groups excluding tert-OH is 1. The van der Waals surface area contributed by atoms with Gasteiger partial charge in [-0.25, -0.2) is 13.8 Å². The van der Waals surface area contributed by atoms with Crippen LogP contribution in [0.4, 0.5) is 8.78 Å². The van der Waals surface area contributed by atoms with Crippen LogP contribution < -0.4 is 0 Å². The lowest BCUT2D eigenvalue weighted by Crippen LogP contribution is -2.02. The summed E-state index contributed by atoms with van der Waals surface area (Å²) in [5, 5.41) is 17.4. The second-order valence-corrected chi connectivity index (χ2v) is 3.58. The fraction of sp³-hybridized carbons (Fsp3) is 0.250. The molecule has 0 spiro atoms. The molecular formula is C8H5F2IN2O. The lowest BCUT2D eigenvalue weighted by Gasteiger charge is -2.05. The van der Waals surface area contributed by atoms with Crippen molar-refractivity contribution in [3.63, 3.8) is 0 Å². The first kappa shape index (κ1) is 11.3. The third-order valence-corrected chi connectivity index (χ3v) is 2.49. The van der Waals surface area contributed by atoms with Crippen LogP contribution in [0.1, 0.15) is 23.4 Å². The molecule has 0 amide bonds. The first-order valence-corrected chi connectivity index (χ1v) is 4.66. The summed E-state index contributed by atoms with van der Waals surface area (Å²) in [7, 11) is 0. The minimum Gasteiger partial charge on any atom is -0.390 e. The van der Waals surface area contributed by atoms with Gasteiger partial charge >= 0.3 is 0 Å². The second-order valence-electron chi connectivity index (χ2n) is 2.42. The summed E-state index contributed by atoms with van der Waals surface area (Å²) >= 11 is 1.83. The average molecular weight is 310 g/mol. The molecule has 0 aliphatic rings. The molecule has 0 bridgehead atoms. The van der Waals surface area contributed by atoms with Crippen LogP contribution in [-0.4, -0.2) is 10.1 Å². The molecule has 0 saturated heterocycles. The number of halogens is 3. The predicted octanol–water partition coefficient (Wildman–Crippen LogP) is 1.99. The molecule has 0 aliphatic carbocycles. The molecule has 0 saturated carbocycles. The van der Waals surface area contributed by atoms with Crippen LogP contribution in [0.2, 0.25) is 0 Å². The van der Waals surface area contributed by atoms with E-state index in [0.29, 0.717) is 3.57 Å². The highest BCUT2D eigenvalue weighted by Crippen LogP contribution is 2.23. The highest BCUT2D eigenvalue weighted by Gasteiger charge is 2.17. The fourth-order valence-corrected chi connectivity index (χ4v) is 1.51. The Morgan fingerprint density at radius 1 is 1.64 bits per heavy atom. The van der Waals surface area contributed by atoms with Crippen molar-refractivity contribution >= 4 is 22.6 Å². The van der Waals surface area contributed by atoms with Crippen LogP contribution in [-0.2, 0) is 6.61 Å². The zero-order valence-corrected chi connectivity index (χ0v) is 8.99. The van der Waals surface area contributed by atoms with Crippen LogP contribution in [0, 0.1) is 14.9 Å². The Bertz CT molecular complexity index is 390. The number of hydrogen-bond acceptors (Lipinski definition) is 3. The van der Waals surface area contributed by atoms with E-state index in [1.54, 1.807) is 6.07 Å². The average Bonchev–Trinajstić information content (AvgIpc) is 2.16. The van der Waals surface area contributed by atoms with Crippen molar-refractivity contribution < 1.29 is 13.9 Å². The number of aromatic nitrogens is 1. The highest BCUT2D eigenvalue weighted by atomic mass is 127. The van der Waals surface area contributed by atoms with E-state index >= 15 is 0 Å². The number of nitriles is 1. The summed E-state index contributed by atoms with van der Waals surface area (Å²) in [6.45, 7) is -0.413. The maximum absolute atomic E-state index is 12.4. The summed E-state index contributed by atoms with van der Waals surface area (Å²) in [5.74, 6) is 0. The smallest absolute Gasteiger partial charge is 0.281 e. The van der Waals surface area contributed by atoms with E-state index in [9.17, 15) is 8.78 Å². The standard InChI is InChI=1S/C8H5F2IN2O/c9-8(10)7-4(2-12)1-5(11)6(3-14)13-7/h1,8,14H,3H2. The first-order chi connectivity index (χ1) is 6.60. The van der Waals surface area contributed by atoms with Gasteiger partial charge in [-0.15, -0.1) is 0 Å². The van der Waals surface area contributed by atoms with Crippen LogP contribution in [0.25, 0.3) is 0 Å². The quantitative estimate of drug-likeness (QED) is 0.850. The van der Waals surface area contributed by atoms with Gasteiger partial charge in [-0.05, 0) is 28.7 Å². The summed E-state index contributed by atoms with van der Waals surface area (Å²) in [6, 6.07) is 2.93. The molecule has 0 aromatic carbocycles. The van der Waals surface area contributed by atoms with Crippen molar-refractivity contribution in [2.45, 2.75) is 13.0 Å². The lowest BCUT2D eigenvalue weighted by atomic mass is 10.2. The molecule has 1 rings (SSSR count). The van der Waals surface area contributed by atoms with E-state index in [1.807, 2.05) is 22.6 Å². The largest absolute Gasteiger partial charge is 0.390 e. The van der Waals surface area contributed by atoms with Gasteiger partial charge in [-0.3, -0.25) is 0 Å². The van der Waals surface area contributed by atoms with Crippen LogP contribution >= 0.6 is 22.6 Å². The molecule has 1 aromatic heterocycles. The van der Waals surface area contributed by atoms with E-state index in [4.69, 9.17) is 10.4 Å². The molecule has 74 valence electrons. The normalized spacial score (nSPS) is 10.3. The van der Waals surface area contributed by atoms with E-state index in [2.05, 4.69) is 4.98 Å². The van der Waals surface area contributed by atoms with E-state index in [-0.39, 0.29) is 11.3 Å². The van der Waals surface area contributed by atoms with Gasteiger partial charge in [0.05, 0.1) is 17.9 Å². The molecular weight excluding hydrogens is 305 g/mol. The zero-order chi connectivity index (χ0) is 10.7. The minimum absolute atomic E-state index is 0.151. The molecule has 0 aliphatic heterocycles. The first-order valence-electron chi connectivity index (χ1n) is 3.58. The predicted molar refractivity (Wildman–Crippen MR) is 52.5 cm³/mol. The Labute approximate surface area is 92.5 Å². The number of pyridine rings is 1. The summed E-state index contributed by atoms with van der Waals surface area (Å²) in [5.41, 5.74) is -0.557. The van der Waals surface area contributed by atoms with Gasteiger partial charge in [0.15, 0.2) is 0 Å². The maximum atomic E-state index is 12.4. The van der Waals surface area contributed by atoms with Crippen molar-refractivity contribution in [2.24, 2.45) is 0 Å². The SMILES string of the molecule is N#Cc1cc(I)c(CO)nc1C(F)F. The molecule has 0 fully saturated rings. The molecule has 3 nitrogen and oxygen atoms in total. The highest BCUT2D eigenvalue weighted by molar-refractivity contribution is 14.1. The number of nitrogens with zero attached hydrogens (tertiary/aromatic N) is 2. The van der Waals surface area contributed by atoms with Gasteiger partial charge < -0.3 is 5.11 Å². The Balaban J connectivity index is 3.34. The van der Waals surface area contributed by atoms with E-state index < -0.39 is 18.7 Å². The minimum atomic E-state index is -2.80. The number of aliphatic hydroxyl groups is 1. The van der Waals surface area contributed by atoms with Crippen molar-refractivity contribution in [2.75, 3.05) is 0 Å². The van der Waals surface area contributed by atoms with Gasteiger partial charge in [-0.2, -0.15) is 5.26 Å². The van der Waals surface area contributed by atoms with Gasteiger partial charge in [0, 0.05) is 3.57 Å². The zero-order valence-electron chi connectivity index (χ0n) is 6.84. The van der Waals surface area contributed by atoms with Crippen molar-refractivity contribution in [1.82, 2.24) is 4.98 Å². The number of rotatable bonds is 2. The van der Waals surface area contributed by atoms with Gasteiger partial charge in [0.1, 0.15) is 11.8 Å². The van der Waals surface area contributed by atoms with Crippen molar-refractivity contribution in [3.05, 3.63) is 26.6 Å². The summed E-state index contributed by atoms with van der Waals surface area (Å²) < 4.78 is 25.2. The summed E-state index contributed by atoms with van der Waals surface area (Å²) in [6.07, 6.45) is -2.80.